The van der Waals surface area contributed by atoms with Gasteiger partial charge >= 0.3 is 0 Å². The van der Waals surface area contributed by atoms with Gasteiger partial charge in [0.2, 0.25) is 0 Å². The van der Waals surface area contributed by atoms with E-state index < -0.39 is 0 Å². The molecule has 1 aromatic carbocycles. The molecule has 0 radical (unpaired) electrons. The average Bonchev–Trinajstić information content (AvgIpc) is 2.36. The smallest absolute Gasteiger partial charge is 0.0587 e. The predicted molar refractivity (Wildman–Crippen MR) is 86.0 cm³/mol. The van der Waals surface area contributed by atoms with E-state index in [-0.39, 0.29) is 0 Å². The van der Waals surface area contributed by atoms with Crippen LogP contribution in [-0.4, -0.2) is 26.8 Å². The molecule has 0 spiro atoms. The highest BCUT2D eigenvalue weighted by Crippen LogP contribution is 2.11. The number of benzene rings is 1. The van der Waals surface area contributed by atoms with E-state index >= 15 is 0 Å². The first-order valence-electron chi connectivity index (χ1n) is 6.32. The van der Waals surface area contributed by atoms with E-state index in [9.17, 15) is 0 Å². The maximum absolute atomic E-state index is 4.98. The first kappa shape index (κ1) is 15.7. The van der Waals surface area contributed by atoms with E-state index in [1.54, 1.807) is 7.11 Å². The highest BCUT2D eigenvalue weighted by Gasteiger charge is 1.95. The van der Waals surface area contributed by atoms with Crippen LogP contribution in [0.3, 0.4) is 0 Å². The lowest BCUT2D eigenvalue weighted by atomic mass is 10.1. The number of allylic oxidation sites excluding steroid dienone is 1. The predicted octanol–water partition coefficient (Wildman–Crippen LogP) is 3.41. The Hall–Kier alpha value is -0.390. The first-order chi connectivity index (χ1) is 8.72. The zero-order valence-corrected chi connectivity index (χ0v) is 13.4. The molecule has 0 bridgehead atoms. The minimum Gasteiger partial charge on any atom is -0.383 e. The number of hydrogen-bond donors (Lipinski definition) is 1. The fraction of sp³-hybridized carbons (Fsp3) is 0.467. The van der Waals surface area contributed by atoms with E-state index in [0.717, 1.165) is 32.5 Å². The molecule has 0 aliphatic rings. The van der Waals surface area contributed by atoms with Gasteiger partial charge in [-0.25, -0.2) is 0 Å². The molecule has 0 unspecified atom stereocenters. The summed E-state index contributed by atoms with van der Waals surface area (Å²) in [5, 5.41) is 3.34. The summed E-state index contributed by atoms with van der Waals surface area (Å²) < 4.78 is 6.27. The van der Waals surface area contributed by atoms with Crippen LogP contribution in [0.4, 0.5) is 0 Å². The van der Waals surface area contributed by atoms with Crippen LogP contribution in [-0.2, 0) is 11.2 Å². The standard InChI is InChI=1S/C15H22INO/c1-13(4-3-9-17-10-11-18-2)12-14-5-7-15(16)8-6-14/h4-8,17H,3,9-12H2,1-2H3. The third-order valence-corrected chi connectivity index (χ3v) is 3.41. The molecule has 0 atom stereocenters. The quantitative estimate of drug-likeness (QED) is 0.436. The van der Waals surface area contributed by atoms with E-state index in [4.69, 9.17) is 4.74 Å². The van der Waals surface area contributed by atoms with Gasteiger partial charge in [0.25, 0.3) is 0 Å². The molecule has 0 amide bonds. The second-order valence-electron chi connectivity index (χ2n) is 4.39. The van der Waals surface area contributed by atoms with Crippen LogP contribution in [0, 0.1) is 3.57 Å². The van der Waals surface area contributed by atoms with Gasteiger partial charge in [-0.2, -0.15) is 0 Å². The van der Waals surface area contributed by atoms with Crippen molar-refractivity contribution in [1.29, 1.82) is 0 Å². The Morgan fingerprint density at radius 3 is 2.67 bits per heavy atom. The summed E-state index contributed by atoms with van der Waals surface area (Å²) in [6, 6.07) is 8.73. The topological polar surface area (TPSA) is 21.3 Å². The molecule has 18 heavy (non-hydrogen) atoms. The molecule has 0 heterocycles. The highest BCUT2D eigenvalue weighted by atomic mass is 127. The number of ether oxygens (including phenoxy) is 1. The van der Waals surface area contributed by atoms with E-state index in [0.29, 0.717) is 0 Å². The lowest BCUT2D eigenvalue weighted by molar-refractivity contribution is 0.199. The molecule has 0 aliphatic carbocycles. The van der Waals surface area contributed by atoms with Crippen LogP contribution >= 0.6 is 22.6 Å². The van der Waals surface area contributed by atoms with Crippen molar-refractivity contribution < 1.29 is 4.74 Å². The second kappa shape index (κ2) is 9.53. The van der Waals surface area contributed by atoms with Crippen molar-refractivity contribution in [1.82, 2.24) is 5.32 Å². The van der Waals surface area contributed by atoms with Gasteiger partial charge in [-0.3, -0.25) is 0 Å². The van der Waals surface area contributed by atoms with Gasteiger partial charge < -0.3 is 10.1 Å². The van der Waals surface area contributed by atoms with Crippen molar-refractivity contribution in [3.8, 4) is 0 Å². The lowest BCUT2D eigenvalue weighted by Gasteiger charge is -2.04. The second-order valence-corrected chi connectivity index (χ2v) is 5.63. The molecule has 0 fully saturated rings. The number of methoxy groups -OCH3 is 1. The van der Waals surface area contributed by atoms with Gasteiger partial charge in [0.05, 0.1) is 6.61 Å². The van der Waals surface area contributed by atoms with Gasteiger partial charge in [0, 0.05) is 17.2 Å². The Morgan fingerprint density at radius 1 is 1.28 bits per heavy atom. The van der Waals surface area contributed by atoms with Crippen molar-refractivity contribution in [3.63, 3.8) is 0 Å². The normalized spacial score (nSPS) is 11.8. The van der Waals surface area contributed by atoms with Crippen LogP contribution in [0.5, 0.6) is 0 Å². The van der Waals surface area contributed by atoms with Crippen molar-refractivity contribution in [2.75, 3.05) is 26.8 Å². The molecule has 1 aromatic rings. The maximum Gasteiger partial charge on any atom is 0.0587 e. The summed E-state index contributed by atoms with van der Waals surface area (Å²) in [7, 11) is 1.73. The van der Waals surface area contributed by atoms with Crippen molar-refractivity contribution in [3.05, 3.63) is 45.0 Å². The number of hydrogen-bond acceptors (Lipinski definition) is 2. The summed E-state index contributed by atoms with van der Waals surface area (Å²) in [6.07, 6.45) is 4.45. The fourth-order valence-corrected chi connectivity index (χ4v) is 2.08. The number of nitrogens with one attached hydrogen (secondary N) is 1. The SMILES string of the molecule is COCCNCCC=C(C)Cc1ccc(I)cc1. The summed E-state index contributed by atoms with van der Waals surface area (Å²) in [6.45, 7) is 4.94. The Bertz CT molecular complexity index is 359. The minimum atomic E-state index is 0.783. The zero-order chi connectivity index (χ0) is 13.2. The molecule has 0 saturated carbocycles. The Kier molecular flexibility index (Phi) is 8.29. The molecular weight excluding hydrogens is 337 g/mol. The average molecular weight is 359 g/mol. The third kappa shape index (κ3) is 7.13. The molecule has 100 valence electrons. The largest absolute Gasteiger partial charge is 0.383 e. The molecule has 3 heteroatoms. The molecule has 0 saturated heterocycles. The molecule has 0 aliphatic heterocycles. The van der Waals surface area contributed by atoms with Crippen LogP contribution in [0.25, 0.3) is 0 Å². The summed E-state index contributed by atoms with van der Waals surface area (Å²) in [5.41, 5.74) is 2.82. The zero-order valence-electron chi connectivity index (χ0n) is 11.2. The monoisotopic (exact) mass is 359 g/mol. The van der Waals surface area contributed by atoms with Gasteiger partial charge in [-0.15, -0.1) is 0 Å². The lowest BCUT2D eigenvalue weighted by Crippen LogP contribution is -2.19. The van der Waals surface area contributed by atoms with Gasteiger partial charge in [0.15, 0.2) is 0 Å². The van der Waals surface area contributed by atoms with Crippen molar-refractivity contribution in [2.24, 2.45) is 0 Å². The summed E-state index contributed by atoms with van der Waals surface area (Å²) >= 11 is 2.34. The van der Waals surface area contributed by atoms with Crippen molar-refractivity contribution in [2.45, 2.75) is 19.8 Å². The van der Waals surface area contributed by atoms with Crippen molar-refractivity contribution >= 4 is 22.6 Å². The van der Waals surface area contributed by atoms with E-state index in [1.807, 2.05) is 0 Å². The van der Waals surface area contributed by atoms with Gasteiger partial charge in [-0.1, -0.05) is 23.8 Å². The van der Waals surface area contributed by atoms with Gasteiger partial charge in [0.1, 0.15) is 0 Å². The van der Waals surface area contributed by atoms with Crippen LogP contribution in [0.1, 0.15) is 18.9 Å². The van der Waals surface area contributed by atoms with Gasteiger partial charge in [-0.05, 0) is 66.6 Å². The van der Waals surface area contributed by atoms with E-state index in [1.165, 1.54) is 14.7 Å². The Morgan fingerprint density at radius 2 is 2.00 bits per heavy atom. The van der Waals surface area contributed by atoms with E-state index in [2.05, 4.69) is 65.2 Å². The number of halogens is 1. The number of rotatable bonds is 8. The minimum absolute atomic E-state index is 0.783. The summed E-state index contributed by atoms with van der Waals surface area (Å²) in [5.74, 6) is 0. The third-order valence-electron chi connectivity index (χ3n) is 2.69. The maximum atomic E-state index is 4.98. The molecule has 1 rings (SSSR count). The highest BCUT2D eigenvalue weighted by molar-refractivity contribution is 14.1. The Labute approximate surface area is 124 Å². The van der Waals surface area contributed by atoms with Crippen LogP contribution < -0.4 is 5.32 Å². The molecular formula is C15H22INO. The first-order valence-corrected chi connectivity index (χ1v) is 7.40. The summed E-state index contributed by atoms with van der Waals surface area (Å²) in [4.78, 5) is 0. The molecule has 1 N–H and O–H groups in total. The van der Waals surface area contributed by atoms with Crippen LogP contribution in [0.2, 0.25) is 0 Å². The molecule has 0 aromatic heterocycles. The van der Waals surface area contributed by atoms with Crippen LogP contribution in [0.15, 0.2) is 35.9 Å². The Balaban J connectivity index is 2.23. The molecule has 2 nitrogen and oxygen atoms in total. The fourth-order valence-electron chi connectivity index (χ4n) is 1.72.